The third-order valence-corrected chi connectivity index (χ3v) is 7.19. The van der Waals surface area contributed by atoms with Crippen molar-refractivity contribution in [3.63, 3.8) is 0 Å². The third kappa shape index (κ3) is 4.42. The second-order valence-electron chi connectivity index (χ2n) is 9.38. The van der Waals surface area contributed by atoms with E-state index in [0.29, 0.717) is 19.1 Å². The summed E-state index contributed by atoms with van der Waals surface area (Å²) in [5.74, 6) is 0.226. The first kappa shape index (κ1) is 23.5. The van der Waals surface area contributed by atoms with E-state index in [1.165, 1.54) is 9.58 Å². The van der Waals surface area contributed by atoms with Crippen LogP contribution >= 0.6 is 0 Å². The number of hydrogen-bond acceptors (Lipinski definition) is 9. The third-order valence-electron chi connectivity index (χ3n) is 7.19. The molecule has 1 saturated carbocycles. The summed E-state index contributed by atoms with van der Waals surface area (Å²) >= 11 is 0. The Morgan fingerprint density at radius 3 is 2.44 bits per heavy atom. The minimum absolute atomic E-state index is 0.0227. The van der Waals surface area contributed by atoms with Crippen LogP contribution in [0.15, 0.2) is 12.3 Å². The fourth-order valence-electron chi connectivity index (χ4n) is 5.30. The quantitative estimate of drug-likeness (QED) is 0.259. The Kier molecular flexibility index (Phi) is 6.10. The van der Waals surface area contributed by atoms with Gasteiger partial charge in [-0.25, -0.2) is 9.48 Å². The van der Waals surface area contributed by atoms with Crippen molar-refractivity contribution in [2.45, 2.75) is 61.9 Å². The zero-order chi connectivity index (χ0) is 23.3. The lowest BCUT2D eigenvalue weighted by Crippen LogP contribution is -2.59. The summed E-state index contributed by atoms with van der Waals surface area (Å²) in [6, 6.07) is 2.24. The lowest BCUT2D eigenvalue weighted by molar-refractivity contribution is -0.267. The molecular weight excluding hydrogens is 418 g/mol. The smallest absolute Gasteiger partial charge is 0.411 e. The monoisotopic (exact) mass is 446 g/mol. The molecule has 1 unspecified atom stereocenters. The number of nitrogens with zero attached hydrogens (tertiary/aromatic N) is 4. The number of aromatic nitrogens is 2. The normalized spacial score (nSPS) is 29.3. The fourth-order valence-corrected chi connectivity index (χ4v) is 5.30. The topological polar surface area (TPSA) is 152 Å². The van der Waals surface area contributed by atoms with Crippen LogP contribution in [0.5, 0.6) is 0 Å². The number of hydrogen-bond donors (Lipinski definition) is 5. The van der Waals surface area contributed by atoms with Crippen LogP contribution in [0, 0.1) is 5.41 Å². The number of ether oxygens (including phenoxy) is 1. The molecule has 3 fully saturated rings. The molecule has 13 heteroatoms. The highest BCUT2D eigenvalue weighted by Gasteiger charge is 2.52. The van der Waals surface area contributed by atoms with Gasteiger partial charge in [0.05, 0.1) is 0 Å². The van der Waals surface area contributed by atoms with E-state index in [-0.39, 0.29) is 11.3 Å². The van der Waals surface area contributed by atoms with Gasteiger partial charge in [-0.2, -0.15) is 5.10 Å². The SMILES string of the molecule is [B]C(O)(O)C([B])(O)OC(=O)N1CCC2(CC(N3CCC(c4ccnn4C(O)O)CC3)C2)C1. The summed E-state index contributed by atoms with van der Waals surface area (Å²) in [4.78, 5) is 16.1. The Hall–Kier alpha value is -1.63. The number of amides is 1. The molecule has 2 aliphatic heterocycles. The first-order valence-electron chi connectivity index (χ1n) is 10.8. The van der Waals surface area contributed by atoms with E-state index in [4.69, 9.17) is 15.7 Å². The molecule has 2 saturated heterocycles. The van der Waals surface area contributed by atoms with E-state index in [0.717, 1.165) is 50.9 Å². The number of carbonyl (C=O) groups is 1. The van der Waals surface area contributed by atoms with Gasteiger partial charge in [-0.15, -0.1) is 0 Å². The van der Waals surface area contributed by atoms with Crippen LogP contribution in [-0.2, 0) is 4.74 Å². The summed E-state index contributed by atoms with van der Waals surface area (Å²) in [5, 5.41) is 51.0. The highest BCUT2D eigenvalue weighted by molar-refractivity contribution is 6.23. The molecule has 172 valence electrons. The number of likely N-dealkylation sites (tertiary alicyclic amines) is 2. The zero-order valence-electron chi connectivity index (χ0n) is 17.7. The number of rotatable bonds is 5. The number of aliphatic hydroxyl groups is 5. The van der Waals surface area contributed by atoms with Crippen molar-refractivity contribution in [1.29, 1.82) is 0 Å². The molecular formula is C19H28B2N4O7. The van der Waals surface area contributed by atoms with Crippen molar-refractivity contribution >= 4 is 21.8 Å². The van der Waals surface area contributed by atoms with Gasteiger partial charge < -0.3 is 40.1 Å². The van der Waals surface area contributed by atoms with Crippen molar-refractivity contribution in [3.8, 4) is 0 Å². The summed E-state index contributed by atoms with van der Waals surface area (Å²) in [6.07, 6.45) is 3.46. The molecule has 1 aliphatic carbocycles. The van der Waals surface area contributed by atoms with Crippen LogP contribution < -0.4 is 0 Å². The van der Waals surface area contributed by atoms with Crippen LogP contribution in [0.2, 0.25) is 0 Å². The Morgan fingerprint density at radius 1 is 1.19 bits per heavy atom. The van der Waals surface area contributed by atoms with Crippen LogP contribution in [0.1, 0.15) is 50.1 Å². The standard InChI is InChI=1S/C19H28B2N4O7/c20-18(29,30)19(21,31)32-16(28)24-8-4-17(11-24)9-13(10-17)23-6-2-12(3-7-23)14-1-5-22-25(14)15(26)27/h1,5,12-13,15,26-27,29-31H,2-4,6-11H2. The zero-order valence-corrected chi connectivity index (χ0v) is 17.7. The molecule has 3 aliphatic rings. The lowest BCUT2D eigenvalue weighted by atomic mass is 9.64. The molecule has 1 aromatic rings. The van der Waals surface area contributed by atoms with Gasteiger partial charge in [0.25, 0.3) is 6.41 Å². The van der Waals surface area contributed by atoms with Gasteiger partial charge in [0.2, 0.25) is 5.69 Å². The Bertz CT molecular complexity index is 830. The highest BCUT2D eigenvalue weighted by atomic mass is 16.7. The van der Waals surface area contributed by atoms with Gasteiger partial charge in [-0.3, -0.25) is 0 Å². The molecule has 4 rings (SSSR count). The van der Waals surface area contributed by atoms with E-state index < -0.39 is 23.9 Å². The molecule has 3 heterocycles. The molecule has 1 amide bonds. The van der Waals surface area contributed by atoms with Gasteiger partial charge in [0, 0.05) is 36.9 Å². The molecule has 1 atom stereocenters. The van der Waals surface area contributed by atoms with Gasteiger partial charge in [-0.1, -0.05) is 0 Å². The summed E-state index contributed by atoms with van der Waals surface area (Å²) in [5.41, 5.74) is -5.58. The van der Waals surface area contributed by atoms with Crippen molar-refractivity contribution in [1.82, 2.24) is 19.6 Å². The highest BCUT2D eigenvalue weighted by Crippen LogP contribution is 2.51. The van der Waals surface area contributed by atoms with Crippen LogP contribution in [-0.4, -0.2) is 110 Å². The first-order chi connectivity index (χ1) is 14.9. The summed E-state index contributed by atoms with van der Waals surface area (Å²) in [6.45, 7) is 2.66. The fraction of sp³-hybridized carbons (Fsp3) is 0.789. The Labute approximate surface area is 188 Å². The summed E-state index contributed by atoms with van der Waals surface area (Å²) < 4.78 is 5.85. The average molecular weight is 446 g/mol. The molecule has 0 aromatic carbocycles. The van der Waals surface area contributed by atoms with Gasteiger partial charge >= 0.3 is 6.09 Å². The minimum atomic E-state index is -3.28. The van der Waals surface area contributed by atoms with Crippen molar-refractivity contribution in [2.75, 3.05) is 26.2 Å². The number of piperidine rings is 1. The second-order valence-corrected chi connectivity index (χ2v) is 9.38. The first-order valence-corrected chi connectivity index (χ1v) is 10.8. The second kappa shape index (κ2) is 8.30. The molecule has 4 radical (unpaired) electrons. The van der Waals surface area contributed by atoms with E-state index in [2.05, 4.69) is 14.7 Å². The molecule has 1 aromatic heterocycles. The predicted molar refractivity (Wildman–Crippen MR) is 111 cm³/mol. The van der Waals surface area contributed by atoms with E-state index in [1.807, 2.05) is 6.07 Å². The molecule has 5 N–H and O–H groups in total. The minimum Gasteiger partial charge on any atom is -0.422 e. The van der Waals surface area contributed by atoms with Crippen molar-refractivity contribution in [2.24, 2.45) is 5.41 Å². The average Bonchev–Trinajstić information content (AvgIpc) is 3.33. The van der Waals surface area contributed by atoms with Crippen LogP contribution in [0.4, 0.5) is 4.79 Å². The van der Waals surface area contributed by atoms with Crippen LogP contribution in [0.25, 0.3) is 0 Å². The largest absolute Gasteiger partial charge is 0.422 e. The van der Waals surface area contributed by atoms with Crippen molar-refractivity contribution < 1.29 is 35.1 Å². The molecule has 0 bridgehead atoms. The van der Waals surface area contributed by atoms with E-state index in [9.17, 15) is 30.3 Å². The molecule has 1 spiro atoms. The van der Waals surface area contributed by atoms with Gasteiger partial charge in [0.15, 0.2) is 21.4 Å². The number of carbonyl (C=O) groups excluding carboxylic acids is 1. The van der Waals surface area contributed by atoms with Crippen molar-refractivity contribution in [3.05, 3.63) is 18.0 Å². The van der Waals surface area contributed by atoms with Gasteiger partial charge in [0.1, 0.15) is 0 Å². The summed E-state index contributed by atoms with van der Waals surface area (Å²) in [7, 11) is 10.1. The van der Waals surface area contributed by atoms with E-state index in [1.54, 1.807) is 6.20 Å². The molecule has 32 heavy (non-hydrogen) atoms. The predicted octanol–water partition coefficient (Wildman–Crippen LogP) is -1.88. The Morgan fingerprint density at radius 2 is 1.84 bits per heavy atom. The number of aliphatic hydroxyl groups excluding tert-OH is 1. The Balaban J connectivity index is 1.25. The maximum Gasteiger partial charge on any atom is 0.411 e. The molecule has 11 nitrogen and oxygen atoms in total. The maximum atomic E-state index is 12.3. The van der Waals surface area contributed by atoms with E-state index >= 15 is 0 Å². The maximum absolute atomic E-state index is 12.3. The van der Waals surface area contributed by atoms with Crippen LogP contribution in [0.3, 0.4) is 0 Å². The van der Waals surface area contributed by atoms with Gasteiger partial charge in [-0.05, 0) is 56.7 Å². The lowest BCUT2D eigenvalue weighted by Gasteiger charge is -2.51.